The van der Waals surface area contributed by atoms with Gasteiger partial charge in [0.15, 0.2) is 0 Å². The number of hydrogen-bond acceptors (Lipinski definition) is 2. The van der Waals surface area contributed by atoms with Crippen LogP contribution in [0.15, 0.2) is 0 Å². The fraction of sp³-hybridized carbons (Fsp3) is 0.833. The summed E-state index contributed by atoms with van der Waals surface area (Å²) in [6.07, 6.45) is 8.01. The van der Waals surface area contributed by atoms with Gasteiger partial charge < -0.3 is 15.7 Å². The third-order valence-electron chi connectivity index (χ3n) is 3.16. The molecule has 2 amide bonds. The Morgan fingerprint density at radius 2 is 1.65 bits per heavy atom. The summed E-state index contributed by atoms with van der Waals surface area (Å²) in [7, 11) is 0. The first-order chi connectivity index (χ1) is 8.09. The lowest BCUT2D eigenvalue weighted by Crippen LogP contribution is -2.47. The molecule has 1 aliphatic rings. The van der Waals surface area contributed by atoms with Crippen LogP contribution in [0.5, 0.6) is 0 Å². The van der Waals surface area contributed by atoms with Gasteiger partial charge in [-0.3, -0.25) is 4.79 Å². The van der Waals surface area contributed by atoms with Gasteiger partial charge in [0.2, 0.25) is 0 Å². The highest BCUT2D eigenvalue weighted by atomic mass is 16.4. The number of carboxylic acids is 1. The van der Waals surface area contributed by atoms with E-state index in [9.17, 15) is 9.59 Å². The lowest BCUT2D eigenvalue weighted by atomic mass is 9.97. The lowest BCUT2D eigenvalue weighted by Gasteiger charge is -2.21. The van der Waals surface area contributed by atoms with Crippen molar-refractivity contribution in [2.75, 3.05) is 0 Å². The Hall–Kier alpha value is -1.26. The van der Waals surface area contributed by atoms with E-state index in [0.29, 0.717) is 0 Å². The zero-order valence-corrected chi connectivity index (χ0v) is 10.4. The molecule has 0 aliphatic heterocycles. The minimum Gasteiger partial charge on any atom is -0.480 e. The molecule has 17 heavy (non-hydrogen) atoms. The van der Waals surface area contributed by atoms with Crippen molar-refractivity contribution in [3.63, 3.8) is 0 Å². The second kappa shape index (κ2) is 7.14. The van der Waals surface area contributed by atoms with E-state index in [1.54, 1.807) is 0 Å². The number of carbonyl (C=O) groups is 2. The van der Waals surface area contributed by atoms with Gasteiger partial charge in [0.25, 0.3) is 0 Å². The van der Waals surface area contributed by atoms with Crippen molar-refractivity contribution in [1.29, 1.82) is 0 Å². The normalized spacial score (nSPS) is 19.8. The van der Waals surface area contributed by atoms with Gasteiger partial charge in [0, 0.05) is 6.04 Å². The largest absolute Gasteiger partial charge is 0.480 e. The third kappa shape index (κ3) is 5.56. The maximum atomic E-state index is 11.5. The van der Waals surface area contributed by atoms with Crippen LogP contribution in [0.4, 0.5) is 4.79 Å². The van der Waals surface area contributed by atoms with Crippen LogP contribution in [0.1, 0.15) is 51.9 Å². The summed E-state index contributed by atoms with van der Waals surface area (Å²) in [6, 6.07) is -1.02. The van der Waals surface area contributed by atoms with Gasteiger partial charge in [-0.15, -0.1) is 0 Å². The van der Waals surface area contributed by atoms with Crippen molar-refractivity contribution in [2.45, 2.75) is 64.0 Å². The smallest absolute Gasteiger partial charge is 0.325 e. The summed E-state index contributed by atoms with van der Waals surface area (Å²) in [6.45, 7) is 1.46. The molecule has 1 aliphatic carbocycles. The molecule has 1 saturated carbocycles. The minimum absolute atomic E-state index is 0.191. The Morgan fingerprint density at radius 3 is 2.18 bits per heavy atom. The van der Waals surface area contributed by atoms with E-state index in [1.807, 2.05) is 0 Å². The van der Waals surface area contributed by atoms with Crippen molar-refractivity contribution >= 4 is 12.0 Å². The minimum atomic E-state index is -1.02. The first-order valence-corrected chi connectivity index (χ1v) is 6.39. The van der Waals surface area contributed by atoms with Crippen molar-refractivity contribution in [2.24, 2.45) is 0 Å². The Labute approximate surface area is 102 Å². The van der Waals surface area contributed by atoms with Crippen LogP contribution < -0.4 is 10.6 Å². The number of carboxylic acid groups (broad SMARTS) is 1. The molecule has 0 heterocycles. The van der Waals surface area contributed by atoms with Crippen LogP contribution >= 0.6 is 0 Å². The van der Waals surface area contributed by atoms with E-state index in [0.717, 1.165) is 25.7 Å². The standard InChI is InChI=1S/C12H22N2O3/c1-9(11(15)16)13-12(17)14-10-7-5-3-2-4-6-8-10/h9-10H,2-8H2,1H3,(H,15,16)(H2,13,14,17)/t9-/m0/s1. The molecule has 0 saturated heterocycles. The van der Waals surface area contributed by atoms with Crippen LogP contribution in [0.2, 0.25) is 0 Å². The summed E-state index contributed by atoms with van der Waals surface area (Å²) in [5, 5.41) is 13.9. The molecule has 0 unspecified atom stereocenters. The highest BCUT2D eigenvalue weighted by Crippen LogP contribution is 2.16. The molecule has 5 nitrogen and oxygen atoms in total. The number of nitrogens with one attached hydrogen (secondary N) is 2. The molecule has 0 aromatic carbocycles. The predicted molar refractivity (Wildman–Crippen MR) is 64.9 cm³/mol. The summed E-state index contributed by atoms with van der Waals surface area (Å²) in [5.41, 5.74) is 0. The van der Waals surface area contributed by atoms with Gasteiger partial charge >= 0.3 is 12.0 Å². The lowest BCUT2D eigenvalue weighted by molar-refractivity contribution is -0.138. The average molecular weight is 242 g/mol. The zero-order chi connectivity index (χ0) is 12.7. The topological polar surface area (TPSA) is 78.4 Å². The molecule has 1 atom stereocenters. The Morgan fingerprint density at radius 1 is 1.12 bits per heavy atom. The van der Waals surface area contributed by atoms with Crippen LogP contribution in [0, 0.1) is 0 Å². The second-order valence-corrected chi connectivity index (χ2v) is 4.72. The number of amides is 2. The Kier molecular flexibility index (Phi) is 5.80. The van der Waals surface area contributed by atoms with E-state index in [2.05, 4.69) is 10.6 Å². The van der Waals surface area contributed by atoms with Crippen LogP contribution in [0.3, 0.4) is 0 Å². The molecule has 0 aromatic rings. The molecule has 98 valence electrons. The monoisotopic (exact) mass is 242 g/mol. The highest BCUT2D eigenvalue weighted by Gasteiger charge is 2.17. The van der Waals surface area contributed by atoms with Crippen LogP contribution in [-0.2, 0) is 4.79 Å². The molecule has 5 heteroatoms. The number of aliphatic carboxylic acids is 1. The van der Waals surface area contributed by atoms with Gasteiger partial charge in [0.1, 0.15) is 6.04 Å². The molecule has 3 N–H and O–H groups in total. The number of urea groups is 1. The van der Waals surface area contributed by atoms with Gasteiger partial charge in [0.05, 0.1) is 0 Å². The maximum Gasteiger partial charge on any atom is 0.325 e. The van der Waals surface area contributed by atoms with Crippen molar-refractivity contribution < 1.29 is 14.7 Å². The predicted octanol–water partition coefficient (Wildman–Crippen LogP) is 1.87. The van der Waals surface area contributed by atoms with Gasteiger partial charge in [-0.2, -0.15) is 0 Å². The number of hydrogen-bond donors (Lipinski definition) is 3. The fourth-order valence-corrected chi connectivity index (χ4v) is 2.09. The van der Waals surface area contributed by atoms with E-state index in [1.165, 1.54) is 26.2 Å². The highest BCUT2D eigenvalue weighted by molar-refractivity contribution is 5.82. The van der Waals surface area contributed by atoms with Crippen LogP contribution in [-0.4, -0.2) is 29.2 Å². The molecule has 1 fully saturated rings. The van der Waals surface area contributed by atoms with Crippen molar-refractivity contribution in [3.8, 4) is 0 Å². The van der Waals surface area contributed by atoms with Crippen LogP contribution in [0.25, 0.3) is 0 Å². The summed E-state index contributed by atoms with van der Waals surface area (Å²) in [5.74, 6) is -1.02. The molecule has 0 spiro atoms. The van der Waals surface area contributed by atoms with E-state index < -0.39 is 12.0 Å². The summed E-state index contributed by atoms with van der Waals surface area (Å²) in [4.78, 5) is 22.1. The van der Waals surface area contributed by atoms with Gasteiger partial charge in [-0.25, -0.2) is 4.79 Å². The van der Waals surface area contributed by atoms with Crippen molar-refractivity contribution in [1.82, 2.24) is 10.6 Å². The van der Waals surface area contributed by atoms with Gasteiger partial charge in [-0.05, 0) is 19.8 Å². The van der Waals surface area contributed by atoms with E-state index in [4.69, 9.17) is 5.11 Å². The van der Waals surface area contributed by atoms with Gasteiger partial charge in [-0.1, -0.05) is 32.1 Å². The summed E-state index contributed by atoms with van der Waals surface area (Å²) < 4.78 is 0. The summed E-state index contributed by atoms with van der Waals surface area (Å²) >= 11 is 0. The Bertz CT molecular complexity index is 260. The molecular weight excluding hydrogens is 220 g/mol. The third-order valence-corrected chi connectivity index (χ3v) is 3.16. The Balaban J connectivity index is 2.30. The zero-order valence-electron chi connectivity index (χ0n) is 10.4. The van der Waals surface area contributed by atoms with E-state index >= 15 is 0 Å². The van der Waals surface area contributed by atoms with Crippen molar-refractivity contribution in [3.05, 3.63) is 0 Å². The first kappa shape index (κ1) is 13.8. The SMILES string of the molecule is C[C@H](NC(=O)NC1CCCCCCC1)C(=O)O. The fourth-order valence-electron chi connectivity index (χ4n) is 2.09. The molecule has 0 radical (unpaired) electrons. The number of rotatable bonds is 3. The molecule has 1 rings (SSSR count). The average Bonchev–Trinajstić information content (AvgIpc) is 2.21. The molecular formula is C12H22N2O3. The second-order valence-electron chi connectivity index (χ2n) is 4.72. The molecule has 0 aromatic heterocycles. The van der Waals surface area contributed by atoms with E-state index in [-0.39, 0.29) is 12.1 Å². The number of carbonyl (C=O) groups excluding carboxylic acids is 1. The molecule has 0 bridgehead atoms. The first-order valence-electron chi connectivity index (χ1n) is 6.39. The maximum absolute atomic E-state index is 11.5. The quantitative estimate of drug-likeness (QED) is 0.707.